The first-order chi connectivity index (χ1) is 15.2. The Kier molecular flexibility index (Phi) is 5.24. The number of carbonyl (C=O) groups is 1. The second kappa shape index (κ2) is 8.34. The molecule has 0 spiro atoms. The molecular weight excluding hydrogens is 390 g/mol. The minimum atomic E-state index is 0.0118. The van der Waals surface area contributed by atoms with Gasteiger partial charge in [-0.25, -0.2) is 4.98 Å². The fourth-order valence-corrected chi connectivity index (χ4v) is 4.17. The van der Waals surface area contributed by atoms with Crippen molar-refractivity contribution >= 4 is 22.7 Å². The fourth-order valence-electron chi connectivity index (χ4n) is 4.17. The van der Waals surface area contributed by atoms with E-state index >= 15 is 0 Å². The third-order valence-electron chi connectivity index (χ3n) is 5.73. The number of rotatable bonds is 6. The summed E-state index contributed by atoms with van der Waals surface area (Å²) in [5, 5.41) is 12.0. The number of nitrogens with zero attached hydrogens (tertiary/aromatic N) is 2. The normalized spacial score (nSPS) is 13.0. The van der Waals surface area contributed by atoms with E-state index in [2.05, 4.69) is 16.4 Å². The third kappa shape index (κ3) is 3.71. The number of nitrogens with one attached hydrogen (secondary N) is 1. The van der Waals surface area contributed by atoms with E-state index in [1.54, 1.807) is 0 Å². The third-order valence-corrected chi connectivity index (χ3v) is 5.73. The quantitative estimate of drug-likeness (QED) is 0.471. The minimum absolute atomic E-state index is 0.0118. The molecule has 31 heavy (non-hydrogen) atoms. The van der Waals surface area contributed by atoms with E-state index < -0.39 is 0 Å². The molecule has 4 aromatic rings. The Morgan fingerprint density at radius 2 is 2.00 bits per heavy atom. The summed E-state index contributed by atoms with van der Waals surface area (Å²) < 4.78 is 5.36. The number of oxazole rings is 1. The van der Waals surface area contributed by atoms with Gasteiger partial charge in [0.25, 0.3) is 5.91 Å². The molecule has 2 heterocycles. The van der Waals surface area contributed by atoms with Gasteiger partial charge in [-0.15, -0.1) is 0 Å². The number of benzene rings is 3. The zero-order chi connectivity index (χ0) is 21.2. The van der Waals surface area contributed by atoms with Crippen LogP contribution in [0.2, 0.25) is 0 Å². The van der Waals surface area contributed by atoms with E-state index in [0.29, 0.717) is 25.2 Å². The van der Waals surface area contributed by atoms with Crippen molar-refractivity contribution in [1.29, 1.82) is 0 Å². The summed E-state index contributed by atoms with van der Waals surface area (Å²) in [7, 11) is 0. The van der Waals surface area contributed by atoms with E-state index in [1.165, 1.54) is 12.0 Å². The number of amides is 1. The lowest BCUT2D eigenvalue weighted by atomic mass is 9.97. The Morgan fingerprint density at radius 1 is 1.13 bits per heavy atom. The second-order valence-corrected chi connectivity index (χ2v) is 7.64. The van der Waals surface area contributed by atoms with E-state index in [9.17, 15) is 4.79 Å². The summed E-state index contributed by atoms with van der Waals surface area (Å²) in [6.45, 7) is 1.99. The number of aliphatic hydroxyl groups is 1. The highest BCUT2D eigenvalue weighted by atomic mass is 16.3. The van der Waals surface area contributed by atoms with Gasteiger partial charge in [0.1, 0.15) is 5.52 Å². The molecule has 6 heteroatoms. The maximum absolute atomic E-state index is 13.2. The molecule has 0 saturated heterocycles. The summed E-state index contributed by atoms with van der Waals surface area (Å²) in [5.41, 5.74) is 7.71. The first kappa shape index (κ1) is 19.5. The average molecular weight is 413 g/mol. The number of aromatic nitrogens is 1. The van der Waals surface area contributed by atoms with Gasteiger partial charge in [-0.05, 0) is 59.0 Å². The standard InChI is InChI=1S/C25H23N3O3/c29-13-11-26-15-17-4-6-18(7-5-17)25(30)28-12-10-21-20(2-1-3-23(21)28)19-8-9-24-22(14-19)27-16-31-24/h1-9,14,16,26,29H,10-13,15H2. The van der Waals surface area contributed by atoms with Crippen molar-refractivity contribution in [2.24, 2.45) is 0 Å². The van der Waals surface area contributed by atoms with Crippen molar-refractivity contribution in [3.05, 3.63) is 83.7 Å². The van der Waals surface area contributed by atoms with E-state index in [4.69, 9.17) is 9.52 Å². The number of carbonyl (C=O) groups excluding carboxylic acids is 1. The molecular formula is C25H23N3O3. The largest absolute Gasteiger partial charge is 0.443 e. The molecule has 1 aromatic heterocycles. The highest BCUT2D eigenvalue weighted by Crippen LogP contribution is 2.37. The lowest BCUT2D eigenvalue weighted by Crippen LogP contribution is -2.28. The van der Waals surface area contributed by atoms with E-state index in [0.717, 1.165) is 39.9 Å². The van der Waals surface area contributed by atoms with Crippen LogP contribution in [0.5, 0.6) is 0 Å². The number of anilines is 1. The molecule has 2 N–H and O–H groups in total. The van der Waals surface area contributed by atoms with Crippen molar-refractivity contribution in [3.8, 4) is 11.1 Å². The maximum Gasteiger partial charge on any atom is 0.258 e. The molecule has 1 aliphatic rings. The van der Waals surface area contributed by atoms with Crippen LogP contribution >= 0.6 is 0 Å². The molecule has 0 bridgehead atoms. The zero-order valence-corrected chi connectivity index (χ0v) is 17.0. The number of fused-ring (bicyclic) bond motifs is 2. The fraction of sp³-hybridized carbons (Fsp3) is 0.200. The zero-order valence-electron chi connectivity index (χ0n) is 17.0. The van der Waals surface area contributed by atoms with Gasteiger partial charge in [-0.3, -0.25) is 4.79 Å². The Balaban J connectivity index is 1.40. The molecule has 0 radical (unpaired) electrons. The molecule has 3 aromatic carbocycles. The van der Waals surface area contributed by atoms with Gasteiger partial charge in [0.15, 0.2) is 12.0 Å². The molecule has 0 aliphatic carbocycles. The molecule has 1 aliphatic heterocycles. The first-order valence-corrected chi connectivity index (χ1v) is 10.4. The minimum Gasteiger partial charge on any atom is -0.443 e. The maximum atomic E-state index is 13.2. The topological polar surface area (TPSA) is 78.6 Å². The smallest absolute Gasteiger partial charge is 0.258 e. The Bertz CT molecular complexity index is 1230. The summed E-state index contributed by atoms with van der Waals surface area (Å²) in [6, 6.07) is 19.8. The Morgan fingerprint density at radius 3 is 2.84 bits per heavy atom. The number of hydrogen-bond donors (Lipinski definition) is 2. The van der Waals surface area contributed by atoms with Crippen LogP contribution in [0.3, 0.4) is 0 Å². The summed E-state index contributed by atoms with van der Waals surface area (Å²) in [5.74, 6) is 0.0118. The van der Waals surface area contributed by atoms with Crippen LogP contribution in [0.15, 0.2) is 71.5 Å². The lowest BCUT2D eigenvalue weighted by molar-refractivity contribution is 0.0989. The van der Waals surface area contributed by atoms with Crippen LogP contribution in [0.25, 0.3) is 22.2 Å². The van der Waals surface area contributed by atoms with Crippen LogP contribution < -0.4 is 10.2 Å². The molecule has 0 unspecified atom stereocenters. The van der Waals surface area contributed by atoms with Gasteiger partial charge >= 0.3 is 0 Å². The van der Waals surface area contributed by atoms with Gasteiger partial charge in [-0.1, -0.05) is 30.3 Å². The molecule has 0 atom stereocenters. The van der Waals surface area contributed by atoms with Crippen molar-refractivity contribution in [3.63, 3.8) is 0 Å². The van der Waals surface area contributed by atoms with Crippen molar-refractivity contribution in [2.45, 2.75) is 13.0 Å². The van der Waals surface area contributed by atoms with Gasteiger partial charge < -0.3 is 19.7 Å². The number of hydrogen-bond acceptors (Lipinski definition) is 5. The molecule has 156 valence electrons. The predicted octanol–water partition coefficient (Wildman–Crippen LogP) is 3.78. The monoisotopic (exact) mass is 413 g/mol. The van der Waals surface area contributed by atoms with E-state index in [-0.39, 0.29) is 12.5 Å². The highest BCUT2D eigenvalue weighted by Gasteiger charge is 2.27. The van der Waals surface area contributed by atoms with Crippen molar-refractivity contribution < 1.29 is 14.3 Å². The van der Waals surface area contributed by atoms with Crippen LogP contribution in [0.4, 0.5) is 5.69 Å². The highest BCUT2D eigenvalue weighted by molar-refractivity contribution is 6.08. The molecule has 6 nitrogen and oxygen atoms in total. The Labute approximate surface area is 180 Å². The van der Waals surface area contributed by atoms with Gasteiger partial charge in [0.05, 0.1) is 6.61 Å². The van der Waals surface area contributed by atoms with Gasteiger partial charge in [0, 0.05) is 30.9 Å². The van der Waals surface area contributed by atoms with Crippen molar-refractivity contribution in [1.82, 2.24) is 10.3 Å². The first-order valence-electron chi connectivity index (χ1n) is 10.4. The van der Waals surface area contributed by atoms with Crippen molar-refractivity contribution in [2.75, 3.05) is 24.6 Å². The average Bonchev–Trinajstić information content (AvgIpc) is 3.45. The summed E-state index contributed by atoms with van der Waals surface area (Å²) >= 11 is 0. The summed E-state index contributed by atoms with van der Waals surface area (Å²) in [4.78, 5) is 19.4. The molecule has 1 amide bonds. The van der Waals surface area contributed by atoms with Gasteiger partial charge in [-0.2, -0.15) is 0 Å². The number of aliphatic hydroxyl groups excluding tert-OH is 1. The van der Waals surface area contributed by atoms with Crippen LogP contribution in [-0.4, -0.2) is 35.7 Å². The molecule has 5 rings (SSSR count). The van der Waals surface area contributed by atoms with Gasteiger partial charge in [0.2, 0.25) is 0 Å². The lowest BCUT2D eigenvalue weighted by Gasteiger charge is -2.18. The van der Waals surface area contributed by atoms with Crippen LogP contribution in [0, 0.1) is 0 Å². The molecule has 0 fully saturated rings. The van der Waals surface area contributed by atoms with Crippen LogP contribution in [0.1, 0.15) is 21.5 Å². The van der Waals surface area contributed by atoms with E-state index in [1.807, 2.05) is 59.5 Å². The molecule has 0 saturated carbocycles. The summed E-state index contributed by atoms with van der Waals surface area (Å²) in [6.07, 6.45) is 2.27. The SMILES string of the molecule is O=C(c1ccc(CNCCO)cc1)N1CCc2c(-c3ccc4ocnc4c3)cccc21. The Hall–Kier alpha value is -3.48. The second-order valence-electron chi connectivity index (χ2n) is 7.64. The van der Waals surface area contributed by atoms with Crippen LogP contribution in [-0.2, 0) is 13.0 Å². The predicted molar refractivity (Wildman–Crippen MR) is 120 cm³/mol.